The molecule has 0 saturated heterocycles. The maximum Gasteiger partial charge on any atom is 0.337 e. The third kappa shape index (κ3) is 3.64. The summed E-state index contributed by atoms with van der Waals surface area (Å²) < 4.78 is 21.3. The molecule has 1 aromatic rings. The maximum atomic E-state index is 12.3. The number of nitriles is 1. The van der Waals surface area contributed by atoms with Crippen molar-refractivity contribution < 1.29 is 23.7 Å². The number of hydrogen-bond acceptors (Lipinski definition) is 7. The molecule has 1 aliphatic heterocycles. The SMILES string of the molecule is COC(=O)C1=C(C)OC(=N)C(C#N)C1c1ccc(OC(C)C)c(OC)c1. The number of nitrogens with one attached hydrogen (secondary N) is 1. The van der Waals surface area contributed by atoms with E-state index in [1.54, 1.807) is 25.1 Å². The van der Waals surface area contributed by atoms with Crippen LogP contribution in [-0.4, -0.2) is 32.2 Å². The van der Waals surface area contributed by atoms with E-state index < -0.39 is 17.8 Å². The molecule has 0 aromatic heterocycles. The van der Waals surface area contributed by atoms with E-state index in [-0.39, 0.29) is 23.3 Å². The van der Waals surface area contributed by atoms with Gasteiger partial charge in [0.15, 0.2) is 11.5 Å². The maximum absolute atomic E-state index is 12.3. The molecule has 0 saturated carbocycles. The molecule has 1 heterocycles. The first-order valence-corrected chi connectivity index (χ1v) is 8.13. The minimum absolute atomic E-state index is 0.0364. The Morgan fingerprint density at radius 2 is 2.00 bits per heavy atom. The largest absolute Gasteiger partial charge is 0.493 e. The van der Waals surface area contributed by atoms with Crippen molar-refractivity contribution >= 4 is 11.9 Å². The highest BCUT2D eigenvalue weighted by Gasteiger charge is 2.41. The zero-order chi connectivity index (χ0) is 19.4. The van der Waals surface area contributed by atoms with E-state index in [1.165, 1.54) is 14.2 Å². The van der Waals surface area contributed by atoms with E-state index >= 15 is 0 Å². The molecule has 1 aliphatic rings. The van der Waals surface area contributed by atoms with Gasteiger partial charge in [-0.2, -0.15) is 5.26 Å². The summed E-state index contributed by atoms with van der Waals surface area (Å²) in [6.07, 6.45) is -0.0364. The number of hydrogen-bond donors (Lipinski definition) is 1. The van der Waals surface area contributed by atoms with E-state index in [9.17, 15) is 10.1 Å². The van der Waals surface area contributed by atoms with E-state index in [4.69, 9.17) is 24.4 Å². The molecule has 0 bridgehead atoms. The quantitative estimate of drug-likeness (QED) is 0.811. The molecule has 0 spiro atoms. The van der Waals surface area contributed by atoms with Crippen LogP contribution in [0.5, 0.6) is 11.5 Å². The predicted molar refractivity (Wildman–Crippen MR) is 94.1 cm³/mol. The van der Waals surface area contributed by atoms with Gasteiger partial charge in [-0.1, -0.05) is 6.07 Å². The van der Waals surface area contributed by atoms with E-state index in [1.807, 2.05) is 13.8 Å². The highest BCUT2D eigenvalue weighted by atomic mass is 16.5. The molecule has 0 radical (unpaired) electrons. The summed E-state index contributed by atoms with van der Waals surface area (Å²) in [7, 11) is 2.78. The molecule has 1 N–H and O–H groups in total. The number of carbonyl (C=O) groups is 1. The Balaban J connectivity index is 2.60. The van der Waals surface area contributed by atoms with Gasteiger partial charge < -0.3 is 18.9 Å². The van der Waals surface area contributed by atoms with Crippen molar-refractivity contribution in [2.75, 3.05) is 14.2 Å². The molecule has 2 unspecified atom stereocenters. The number of ether oxygens (including phenoxy) is 4. The Hall–Kier alpha value is -3.01. The van der Waals surface area contributed by atoms with Crippen molar-refractivity contribution in [3.8, 4) is 17.6 Å². The zero-order valence-electron chi connectivity index (χ0n) is 15.5. The van der Waals surface area contributed by atoms with Gasteiger partial charge in [0.2, 0.25) is 5.90 Å². The normalized spacial score (nSPS) is 19.7. The molecule has 0 aliphatic carbocycles. The van der Waals surface area contributed by atoms with Gasteiger partial charge in [-0.15, -0.1) is 0 Å². The Kier molecular flexibility index (Phi) is 5.88. The number of rotatable bonds is 5. The van der Waals surface area contributed by atoms with Gasteiger partial charge in [-0.25, -0.2) is 4.79 Å². The Morgan fingerprint density at radius 3 is 2.54 bits per heavy atom. The van der Waals surface area contributed by atoms with Crippen molar-refractivity contribution in [1.82, 2.24) is 0 Å². The van der Waals surface area contributed by atoms with Crippen LogP contribution in [0.2, 0.25) is 0 Å². The molecule has 1 aromatic carbocycles. The van der Waals surface area contributed by atoms with Crippen LogP contribution in [0.25, 0.3) is 0 Å². The number of benzene rings is 1. The second-order valence-corrected chi connectivity index (χ2v) is 6.09. The number of nitrogens with zero attached hydrogens (tertiary/aromatic N) is 1. The minimum atomic E-state index is -0.950. The van der Waals surface area contributed by atoms with Crippen LogP contribution >= 0.6 is 0 Å². The molecule has 26 heavy (non-hydrogen) atoms. The second-order valence-electron chi connectivity index (χ2n) is 6.09. The van der Waals surface area contributed by atoms with Crippen LogP contribution in [0.4, 0.5) is 0 Å². The highest BCUT2D eigenvalue weighted by Crippen LogP contribution is 2.42. The average molecular weight is 358 g/mol. The number of methoxy groups -OCH3 is 2. The lowest BCUT2D eigenvalue weighted by Crippen LogP contribution is -2.32. The summed E-state index contributed by atoms with van der Waals surface area (Å²) >= 11 is 0. The Bertz CT molecular complexity index is 792. The summed E-state index contributed by atoms with van der Waals surface area (Å²) in [4.78, 5) is 12.3. The third-order valence-corrected chi connectivity index (χ3v) is 4.02. The molecule has 7 heteroatoms. The molecule has 138 valence electrons. The predicted octanol–water partition coefficient (Wildman–Crippen LogP) is 3.16. The number of esters is 1. The summed E-state index contributed by atoms with van der Waals surface area (Å²) in [5, 5.41) is 17.5. The fourth-order valence-electron chi connectivity index (χ4n) is 2.92. The number of allylic oxidation sites excluding steroid dienone is 1. The van der Waals surface area contributed by atoms with Crippen molar-refractivity contribution in [3.63, 3.8) is 0 Å². The van der Waals surface area contributed by atoms with Crippen LogP contribution in [0.15, 0.2) is 29.5 Å². The van der Waals surface area contributed by atoms with Crippen molar-refractivity contribution in [2.45, 2.75) is 32.8 Å². The fourth-order valence-corrected chi connectivity index (χ4v) is 2.92. The first-order valence-electron chi connectivity index (χ1n) is 8.13. The third-order valence-electron chi connectivity index (χ3n) is 4.02. The zero-order valence-corrected chi connectivity index (χ0v) is 15.5. The van der Waals surface area contributed by atoms with Gasteiger partial charge in [0.1, 0.15) is 11.7 Å². The molecule has 0 amide bonds. The first kappa shape index (κ1) is 19.3. The molecular weight excluding hydrogens is 336 g/mol. The molecular formula is C19H22N2O5. The van der Waals surface area contributed by atoms with Crippen LogP contribution in [0.3, 0.4) is 0 Å². The monoisotopic (exact) mass is 358 g/mol. The van der Waals surface area contributed by atoms with E-state index in [0.717, 1.165) is 0 Å². The van der Waals surface area contributed by atoms with Crippen molar-refractivity contribution in [3.05, 3.63) is 35.1 Å². The second kappa shape index (κ2) is 7.91. The van der Waals surface area contributed by atoms with Crippen LogP contribution in [-0.2, 0) is 14.3 Å². The Morgan fingerprint density at radius 1 is 1.31 bits per heavy atom. The van der Waals surface area contributed by atoms with E-state index in [2.05, 4.69) is 6.07 Å². The lowest BCUT2D eigenvalue weighted by molar-refractivity contribution is -0.136. The Labute approximate surface area is 152 Å². The molecule has 2 rings (SSSR count). The number of carbonyl (C=O) groups excluding carboxylic acids is 1. The topological polar surface area (TPSA) is 102 Å². The highest BCUT2D eigenvalue weighted by molar-refractivity contribution is 5.95. The summed E-state index contributed by atoms with van der Waals surface area (Å²) in [6, 6.07) is 7.24. The van der Waals surface area contributed by atoms with Crippen LogP contribution in [0, 0.1) is 22.7 Å². The summed E-state index contributed by atoms with van der Waals surface area (Å²) in [5.41, 5.74) is 0.854. The van der Waals surface area contributed by atoms with Gasteiger partial charge >= 0.3 is 5.97 Å². The van der Waals surface area contributed by atoms with E-state index in [0.29, 0.717) is 17.1 Å². The molecule has 0 fully saturated rings. The fraction of sp³-hybridized carbons (Fsp3) is 0.421. The van der Waals surface area contributed by atoms with Gasteiger partial charge in [0.05, 0.1) is 32.0 Å². The lowest BCUT2D eigenvalue weighted by atomic mass is 9.78. The minimum Gasteiger partial charge on any atom is -0.493 e. The average Bonchev–Trinajstić information content (AvgIpc) is 2.60. The van der Waals surface area contributed by atoms with Crippen molar-refractivity contribution in [2.24, 2.45) is 5.92 Å². The van der Waals surface area contributed by atoms with Gasteiger partial charge in [-0.05, 0) is 38.5 Å². The summed E-state index contributed by atoms with van der Waals surface area (Å²) in [6.45, 7) is 5.38. The standard InChI is InChI=1S/C19H22N2O5/c1-10(2)25-14-7-6-12(8-15(14)23-4)17-13(9-20)18(21)26-11(3)16(17)19(22)24-5/h6-8,10,13,17,21H,1-5H3. The van der Waals surface area contributed by atoms with Crippen LogP contribution in [0.1, 0.15) is 32.3 Å². The lowest BCUT2D eigenvalue weighted by Gasteiger charge is -2.30. The van der Waals surface area contributed by atoms with Gasteiger partial charge in [-0.3, -0.25) is 5.41 Å². The smallest absolute Gasteiger partial charge is 0.337 e. The van der Waals surface area contributed by atoms with Gasteiger partial charge in [0, 0.05) is 5.92 Å². The molecule has 2 atom stereocenters. The van der Waals surface area contributed by atoms with Crippen molar-refractivity contribution in [1.29, 1.82) is 10.7 Å². The van der Waals surface area contributed by atoms with Crippen LogP contribution < -0.4 is 9.47 Å². The molecule has 7 nitrogen and oxygen atoms in total. The first-order chi connectivity index (χ1) is 12.3. The van der Waals surface area contributed by atoms with Gasteiger partial charge in [0.25, 0.3) is 0 Å². The summed E-state index contributed by atoms with van der Waals surface area (Å²) in [5.74, 6) is -1.16.